The lowest BCUT2D eigenvalue weighted by Crippen LogP contribution is -2.02. The van der Waals surface area contributed by atoms with E-state index in [0.29, 0.717) is 12.1 Å². The third-order valence-corrected chi connectivity index (χ3v) is 2.89. The normalized spacial score (nSPS) is 16.9. The van der Waals surface area contributed by atoms with E-state index in [1.807, 2.05) is 18.2 Å². The zero-order valence-electron chi connectivity index (χ0n) is 9.63. The third-order valence-electron chi connectivity index (χ3n) is 2.54. The Balaban J connectivity index is 2.32. The molecule has 0 amide bonds. The Morgan fingerprint density at radius 1 is 1.29 bits per heavy atom. The summed E-state index contributed by atoms with van der Waals surface area (Å²) in [7, 11) is -1.96. The highest BCUT2D eigenvalue weighted by Crippen LogP contribution is 2.26. The molecule has 17 heavy (non-hydrogen) atoms. The summed E-state index contributed by atoms with van der Waals surface area (Å²) in [5, 5.41) is 3.68. The van der Waals surface area contributed by atoms with Gasteiger partial charge >= 0.3 is 10.1 Å². The molecule has 1 aromatic carbocycles. The van der Waals surface area contributed by atoms with Crippen molar-refractivity contribution in [2.24, 2.45) is 5.16 Å². The van der Waals surface area contributed by atoms with E-state index in [0.717, 1.165) is 29.6 Å². The number of hydrogen-bond acceptors (Lipinski definition) is 5. The number of nitrogens with zero attached hydrogens (tertiary/aromatic N) is 1. The van der Waals surface area contributed by atoms with Crippen molar-refractivity contribution in [3.63, 3.8) is 0 Å². The second-order valence-corrected chi connectivity index (χ2v) is 5.40. The second kappa shape index (κ2) is 4.37. The minimum absolute atomic E-state index is 0.643. The Labute approximate surface area is 100 Å². The van der Waals surface area contributed by atoms with Gasteiger partial charge in [0.2, 0.25) is 0 Å². The molecule has 0 fully saturated rings. The van der Waals surface area contributed by atoms with Crippen LogP contribution in [-0.2, 0) is 20.8 Å². The van der Waals surface area contributed by atoms with Crippen LogP contribution in [0.1, 0.15) is 17.5 Å². The van der Waals surface area contributed by atoms with Crippen LogP contribution in [0.15, 0.2) is 23.4 Å². The van der Waals surface area contributed by atoms with Crippen LogP contribution in [0.25, 0.3) is 0 Å². The molecule has 0 aliphatic heterocycles. The molecule has 1 aliphatic rings. The number of ether oxygens (including phenoxy) is 1. The molecule has 0 saturated carbocycles. The van der Waals surface area contributed by atoms with Gasteiger partial charge in [-0.15, -0.1) is 0 Å². The summed E-state index contributed by atoms with van der Waals surface area (Å²) in [5.41, 5.74) is 2.67. The Morgan fingerprint density at radius 3 is 2.71 bits per heavy atom. The van der Waals surface area contributed by atoms with Gasteiger partial charge in [-0.1, -0.05) is 11.2 Å². The van der Waals surface area contributed by atoms with Crippen LogP contribution in [0.5, 0.6) is 5.75 Å². The Hall–Kier alpha value is -1.56. The molecule has 0 radical (unpaired) electrons. The number of benzene rings is 1. The van der Waals surface area contributed by atoms with Crippen LogP contribution in [0.3, 0.4) is 0 Å². The lowest BCUT2D eigenvalue weighted by atomic mass is 10.1. The summed E-state index contributed by atoms with van der Waals surface area (Å²) in [6.07, 6.45) is 2.49. The Bertz CT molecular complexity index is 563. The summed E-state index contributed by atoms with van der Waals surface area (Å²) in [5.74, 6) is 0.720. The van der Waals surface area contributed by atoms with Crippen molar-refractivity contribution in [1.82, 2.24) is 0 Å². The molecule has 5 nitrogen and oxygen atoms in total. The number of fused-ring (bicyclic) bond motifs is 1. The lowest BCUT2D eigenvalue weighted by Gasteiger charge is -2.03. The first-order valence-corrected chi connectivity index (χ1v) is 6.94. The summed E-state index contributed by atoms with van der Waals surface area (Å²) in [6.45, 7) is 0. The average molecular weight is 255 g/mol. The van der Waals surface area contributed by atoms with Gasteiger partial charge in [-0.2, -0.15) is 8.42 Å². The fraction of sp³-hybridized carbons (Fsp3) is 0.364. The summed E-state index contributed by atoms with van der Waals surface area (Å²) < 4.78 is 31.3. The highest BCUT2D eigenvalue weighted by Gasteiger charge is 2.19. The quantitative estimate of drug-likeness (QED) is 0.764. The minimum Gasteiger partial charge on any atom is -0.497 e. The number of methoxy groups -OCH3 is 1. The molecule has 0 spiro atoms. The van der Waals surface area contributed by atoms with Crippen molar-refractivity contribution < 1.29 is 17.4 Å². The van der Waals surface area contributed by atoms with Gasteiger partial charge in [0.1, 0.15) is 5.75 Å². The SMILES string of the molecule is COc1ccc2c(c1)/C(=N/OS(C)(=O)=O)CC2. The zero-order chi connectivity index (χ0) is 12.5. The van der Waals surface area contributed by atoms with E-state index in [2.05, 4.69) is 9.44 Å². The fourth-order valence-corrected chi connectivity index (χ4v) is 1.99. The molecule has 6 heteroatoms. The van der Waals surface area contributed by atoms with Crippen LogP contribution in [0.2, 0.25) is 0 Å². The molecule has 0 unspecified atom stereocenters. The molecule has 0 N–H and O–H groups in total. The van der Waals surface area contributed by atoms with Crippen LogP contribution in [-0.4, -0.2) is 27.5 Å². The maximum absolute atomic E-state index is 10.9. The number of hydrogen-bond donors (Lipinski definition) is 0. The van der Waals surface area contributed by atoms with Crippen LogP contribution >= 0.6 is 0 Å². The van der Waals surface area contributed by atoms with Crippen LogP contribution in [0.4, 0.5) is 0 Å². The predicted octanol–water partition coefficient (Wildman–Crippen LogP) is 1.32. The standard InChI is InChI=1S/C11H13NO4S/c1-15-9-5-3-8-4-6-11(10(8)7-9)12-16-17(2,13)14/h3,5,7H,4,6H2,1-2H3/b12-11+. The highest BCUT2D eigenvalue weighted by molar-refractivity contribution is 7.85. The second-order valence-electron chi connectivity index (χ2n) is 3.84. The van der Waals surface area contributed by atoms with Crippen LogP contribution in [0, 0.1) is 0 Å². The molecule has 0 bridgehead atoms. The maximum atomic E-state index is 10.9. The van der Waals surface area contributed by atoms with Crippen molar-refractivity contribution in [3.05, 3.63) is 29.3 Å². The van der Waals surface area contributed by atoms with Gasteiger partial charge in [0.15, 0.2) is 0 Å². The van der Waals surface area contributed by atoms with E-state index in [9.17, 15) is 8.42 Å². The Kier molecular flexibility index (Phi) is 3.06. The van der Waals surface area contributed by atoms with E-state index in [1.165, 1.54) is 0 Å². The van der Waals surface area contributed by atoms with Crippen molar-refractivity contribution in [2.75, 3.05) is 13.4 Å². The molecule has 0 atom stereocenters. The van der Waals surface area contributed by atoms with Crippen molar-refractivity contribution in [1.29, 1.82) is 0 Å². The summed E-state index contributed by atoms with van der Waals surface area (Å²) in [6, 6.07) is 5.67. The molecule has 0 saturated heterocycles. The van der Waals surface area contributed by atoms with E-state index in [4.69, 9.17) is 4.74 Å². The number of aryl methyl sites for hydroxylation is 1. The van der Waals surface area contributed by atoms with Gasteiger partial charge in [-0.25, -0.2) is 0 Å². The first kappa shape index (κ1) is 11.9. The van der Waals surface area contributed by atoms with Gasteiger partial charge in [0, 0.05) is 5.56 Å². The first-order chi connectivity index (χ1) is 7.99. The van der Waals surface area contributed by atoms with E-state index >= 15 is 0 Å². The maximum Gasteiger partial charge on any atom is 0.325 e. The summed E-state index contributed by atoms with van der Waals surface area (Å²) in [4.78, 5) is 0. The smallest absolute Gasteiger partial charge is 0.325 e. The molecular weight excluding hydrogens is 242 g/mol. The van der Waals surface area contributed by atoms with Gasteiger partial charge in [0.25, 0.3) is 0 Å². The van der Waals surface area contributed by atoms with Crippen LogP contribution < -0.4 is 4.74 Å². The van der Waals surface area contributed by atoms with E-state index in [-0.39, 0.29) is 0 Å². The molecule has 1 aliphatic carbocycles. The minimum atomic E-state index is -3.55. The van der Waals surface area contributed by atoms with Gasteiger partial charge in [0.05, 0.1) is 19.1 Å². The van der Waals surface area contributed by atoms with Gasteiger partial charge in [-0.05, 0) is 30.5 Å². The monoisotopic (exact) mass is 255 g/mol. The van der Waals surface area contributed by atoms with Crippen molar-refractivity contribution >= 4 is 15.8 Å². The fourth-order valence-electron chi connectivity index (χ4n) is 1.76. The molecule has 1 aromatic rings. The topological polar surface area (TPSA) is 65.0 Å². The van der Waals surface area contributed by atoms with E-state index in [1.54, 1.807) is 7.11 Å². The average Bonchev–Trinajstić information content (AvgIpc) is 2.67. The van der Waals surface area contributed by atoms with Gasteiger partial charge < -0.3 is 4.74 Å². The number of rotatable bonds is 3. The largest absolute Gasteiger partial charge is 0.497 e. The first-order valence-electron chi connectivity index (χ1n) is 5.12. The highest BCUT2D eigenvalue weighted by atomic mass is 32.2. The van der Waals surface area contributed by atoms with E-state index < -0.39 is 10.1 Å². The van der Waals surface area contributed by atoms with Crippen molar-refractivity contribution in [2.45, 2.75) is 12.8 Å². The molecule has 0 heterocycles. The number of oxime groups is 1. The zero-order valence-corrected chi connectivity index (χ0v) is 10.5. The molecular formula is C11H13NO4S. The lowest BCUT2D eigenvalue weighted by molar-refractivity contribution is 0.342. The third kappa shape index (κ3) is 2.76. The van der Waals surface area contributed by atoms with Crippen molar-refractivity contribution in [3.8, 4) is 5.75 Å². The molecule has 0 aromatic heterocycles. The molecule has 2 rings (SSSR count). The predicted molar refractivity (Wildman–Crippen MR) is 63.8 cm³/mol. The molecule has 92 valence electrons. The summed E-state index contributed by atoms with van der Waals surface area (Å²) >= 11 is 0. The Morgan fingerprint density at radius 2 is 2.06 bits per heavy atom. The van der Waals surface area contributed by atoms with Gasteiger partial charge in [-0.3, -0.25) is 4.28 Å².